The maximum Gasteiger partial charge on any atom is 0.246 e. The Labute approximate surface area is 172 Å². The van der Waals surface area contributed by atoms with Crippen LogP contribution < -0.4 is 4.90 Å². The molecule has 0 radical (unpaired) electrons. The van der Waals surface area contributed by atoms with E-state index in [2.05, 4.69) is 11.1 Å². The van der Waals surface area contributed by atoms with Crippen molar-refractivity contribution < 1.29 is 17.2 Å². The molecular weight excluding hydrogens is 416 g/mol. The van der Waals surface area contributed by atoms with Gasteiger partial charge in [-0.15, -0.1) is 11.3 Å². The van der Waals surface area contributed by atoms with Crippen molar-refractivity contribution >= 4 is 26.5 Å². The average Bonchev–Trinajstić information content (AvgIpc) is 3.18. The lowest BCUT2D eigenvalue weighted by Gasteiger charge is -2.33. The molecule has 3 aromatic rings. The van der Waals surface area contributed by atoms with Crippen LogP contribution in [0.1, 0.15) is 5.56 Å². The molecule has 0 saturated carbocycles. The van der Waals surface area contributed by atoms with E-state index in [1.165, 1.54) is 15.6 Å². The first-order valence-corrected chi connectivity index (χ1v) is 11.4. The Morgan fingerprint density at radius 3 is 2.48 bits per heavy atom. The Hall–Kier alpha value is -2.36. The van der Waals surface area contributed by atoms with Crippen molar-refractivity contribution in [1.29, 1.82) is 0 Å². The predicted molar refractivity (Wildman–Crippen MR) is 110 cm³/mol. The monoisotopic (exact) mass is 435 g/mol. The molecular formula is C20H19F2N3O2S2. The van der Waals surface area contributed by atoms with E-state index in [-0.39, 0.29) is 13.1 Å². The summed E-state index contributed by atoms with van der Waals surface area (Å²) in [5, 5.41) is 2.81. The first kappa shape index (κ1) is 19.9. The minimum Gasteiger partial charge on any atom is -0.345 e. The zero-order valence-corrected chi connectivity index (χ0v) is 17.3. The molecule has 1 aliphatic heterocycles. The first-order valence-electron chi connectivity index (χ1n) is 9.07. The molecule has 0 spiro atoms. The second kappa shape index (κ2) is 7.81. The maximum atomic E-state index is 14.0. The van der Waals surface area contributed by atoms with Gasteiger partial charge in [0.15, 0.2) is 5.13 Å². The molecule has 0 atom stereocenters. The topological polar surface area (TPSA) is 53.5 Å². The Kier molecular flexibility index (Phi) is 5.37. The van der Waals surface area contributed by atoms with Crippen LogP contribution in [0.3, 0.4) is 0 Å². The third-order valence-electron chi connectivity index (χ3n) is 4.83. The highest BCUT2D eigenvalue weighted by Crippen LogP contribution is 2.29. The average molecular weight is 436 g/mol. The lowest BCUT2D eigenvalue weighted by Crippen LogP contribution is -2.48. The fraction of sp³-hybridized carbons (Fsp3) is 0.250. The molecule has 0 N–H and O–H groups in total. The van der Waals surface area contributed by atoms with Gasteiger partial charge in [-0.3, -0.25) is 0 Å². The SMILES string of the molecule is Cc1cccc(-c2csc(N3CCN(S(=O)(=O)c4ccc(F)cc4F)CC3)n2)c1. The van der Waals surface area contributed by atoms with Gasteiger partial charge >= 0.3 is 0 Å². The number of nitrogens with zero attached hydrogens (tertiary/aromatic N) is 3. The molecule has 0 aliphatic carbocycles. The summed E-state index contributed by atoms with van der Waals surface area (Å²) in [4.78, 5) is 6.22. The van der Waals surface area contributed by atoms with Crippen molar-refractivity contribution in [2.75, 3.05) is 31.1 Å². The van der Waals surface area contributed by atoms with Crippen molar-refractivity contribution in [2.24, 2.45) is 0 Å². The summed E-state index contributed by atoms with van der Waals surface area (Å²) in [7, 11) is -4.01. The molecule has 2 heterocycles. The predicted octanol–water partition coefficient (Wildman–Crippen LogP) is 3.91. The molecule has 1 aliphatic rings. The van der Waals surface area contributed by atoms with Crippen LogP contribution in [0.2, 0.25) is 0 Å². The van der Waals surface area contributed by atoms with Gasteiger partial charge in [-0.2, -0.15) is 4.31 Å². The molecule has 4 rings (SSSR count). The van der Waals surface area contributed by atoms with Gasteiger partial charge in [0.05, 0.1) is 5.69 Å². The standard InChI is InChI=1S/C20H19F2N3O2S2/c1-14-3-2-4-15(11-14)18-13-28-20(23-18)24-7-9-25(10-8-24)29(26,27)19-6-5-16(21)12-17(19)22/h2-6,11-13H,7-10H2,1H3. The van der Waals surface area contributed by atoms with E-state index in [9.17, 15) is 17.2 Å². The van der Waals surface area contributed by atoms with E-state index in [0.717, 1.165) is 34.1 Å². The molecule has 0 bridgehead atoms. The fourth-order valence-corrected chi connectivity index (χ4v) is 5.65. The number of benzene rings is 2. The van der Waals surface area contributed by atoms with E-state index in [1.807, 2.05) is 35.4 Å². The van der Waals surface area contributed by atoms with Gasteiger partial charge < -0.3 is 4.90 Å². The number of halogens is 2. The Bertz CT molecular complexity index is 1140. The summed E-state index contributed by atoms with van der Waals surface area (Å²) in [6.45, 7) is 3.34. The highest BCUT2D eigenvalue weighted by molar-refractivity contribution is 7.89. The van der Waals surface area contributed by atoms with Gasteiger partial charge in [0, 0.05) is 43.2 Å². The number of hydrogen-bond acceptors (Lipinski definition) is 5. The van der Waals surface area contributed by atoms with Crippen LogP contribution in [-0.4, -0.2) is 43.9 Å². The highest BCUT2D eigenvalue weighted by atomic mass is 32.2. The van der Waals surface area contributed by atoms with Crippen molar-refractivity contribution in [2.45, 2.75) is 11.8 Å². The van der Waals surface area contributed by atoms with Gasteiger partial charge in [0.25, 0.3) is 0 Å². The number of rotatable bonds is 4. The Morgan fingerprint density at radius 2 is 1.79 bits per heavy atom. The number of hydrogen-bond donors (Lipinski definition) is 0. The minimum atomic E-state index is -4.01. The number of sulfonamides is 1. The lowest BCUT2D eigenvalue weighted by atomic mass is 10.1. The molecule has 1 saturated heterocycles. The summed E-state index contributed by atoms with van der Waals surface area (Å²) in [6.07, 6.45) is 0. The van der Waals surface area contributed by atoms with Crippen LogP contribution >= 0.6 is 11.3 Å². The van der Waals surface area contributed by atoms with Gasteiger partial charge in [-0.25, -0.2) is 22.2 Å². The highest BCUT2D eigenvalue weighted by Gasteiger charge is 2.31. The smallest absolute Gasteiger partial charge is 0.246 e. The van der Waals surface area contributed by atoms with E-state index in [1.54, 1.807) is 0 Å². The normalized spacial score (nSPS) is 15.6. The summed E-state index contributed by atoms with van der Waals surface area (Å²) in [6, 6.07) is 10.6. The van der Waals surface area contributed by atoms with E-state index >= 15 is 0 Å². The van der Waals surface area contributed by atoms with Crippen molar-refractivity contribution in [3.8, 4) is 11.3 Å². The summed E-state index contributed by atoms with van der Waals surface area (Å²) >= 11 is 1.51. The second-order valence-electron chi connectivity index (χ2n) is 6.85. The maximum absolute atomic E-state index is 14.0. The van der Waals surface area contributed by atoms with Crippen LogP contribution in [-0.2, 0) is 10.0 Å². The summed E-state index contributed by atoms with van der Waals surface area (Å²) in [5.74, 6) is -1.88. The molecule has 152 valence electrons. The van der Waals surface area contributed by atoms with Gasteiger partial charge in [0.2, 0.25) is 10.0 Å². The number of aryl methyl sites for hydroxylation is 1. The molecule has 2 aromatic carbocycles. The van der Waals surface area contributed by atoms with Gasteiger partial charge in [-0.05, 0) is 25.1 Å². The molecule has 1 aromatic heterocycles. The number of anilines is 1. The number of aromatic nitrogens is 1. The molecule has 29 heavy (non-hydrogen) atoms. The van der Waals surface area contributed by atoms with E-state index in [0.29, 0.717) is 19.2 Å². The van der Waals surface area contributed by atoms with Crippen LogP contribution in [0.5, 0.6) is 0 Å². The summed E-state index contributed by atoms with van der Waals surface area (Å²) in [5.41, 5.74) is 3.08. The number of piperazine rings is 1. The number of thiazole rings is 1. The van der Waals surface area contributed by atoms with Crippen LogP contribution in [0.4, 0.5) is 13.9 Å². The molecule has 0 amide bonds. The fourth-order valence-electron chi connectivity index (χ4n) is 3.29. The molecule has 1 fully saturated rings. The zero-order valence-electron chi connectivity index (χ0n) is 15.7. The first-order chi connectivity index (χ1) is 13.8. The van der Waals surface area contributed by atoms with Crippen molar-refractivity contribution in [3.63, 3.8) is 0 Å². The third-order valence-corrected chi connectivity index (χ3v) is 7.66. The largest absolute Gasteiger partial charge is 0.345 e. The van der Waals surface area contributed by atoms with Crippen LogP contribution in [0, 0.1) is 18.6 Å². The minimum absolute atomic E-state index is 0.207. The quantitative estimate of drug-likeness (QED) is 0.624. The van der Waals surface area contributed by atoms with E-state index in [4.69, 9.17) is 0 Å². The van der Waals surface area contributed by atoms with Gasteiger partial charge in [0.1, 0.15) is 16.5 Å². The van der Waals surface area contributed by atoms with Crippen molar-refractivity contribution in [1.82, 2.24) is 9.29 Å². The van der Waals surface area contributed by atoms with Gasteiger partial charge in [-0.1, -0.05) is 23.8 Å². The van der Waals surface area contributed by atoms with Crippen molar-refractivity contribution in [3.05, 3.63) is 65.0 Å². The molecule has 5 nitrogen and oxygen atoms in total. The lowest BCUT2D eigenvalue weighted by molar-refractivity contribution is 0.382. The van der Waals surface area contributed by atoms with E-state index < -0.39 is 26.6 Å². The van der Waals surface area contributed by atoms with Crippen LogP contribution in [0.25, 0.3) is 11.3 Å². The third kappa shape index (κ3) is 4.03. The van der Waals surface area contributed by atoms with Crippen LogP contribution in [0.15, 0.2) is 52.7 Å². The Balaban J connectivity index is 1.47. The second-order valence-corrected chi connectivity index (χ2v) is 9.59. The molecule has 0 unspecified atom stereocenters. The Morgan fingerprint density at radius 1 is 1.03 bits per heavy atom. The zero-order chi connectivity index (χ0) is 20.6. The summed E-state index contributed by atoms with van der Waals surface area (Å²) < 4.78 is 53.7. The molecule has 9 heteroatoms.